The van der Waals surface area contributed by atoms with Crippen LogP contribution in [-0.2, 0) is 32.7 Å². The van der Waals surface area contributed by atoms with E-state index in [2.05, 4.69) is 47.9 Å². The smallest absolute Gasteiger partial charge is 0.462 e. The van der Waals surface area contributed by atoms with Gasteiger partial charge in [-0.1, -0.05) is 138 Å². The minimum absolute atomic E-state index is 0.145. The molecule has 0 aromatic heterocycles. The highest BCUT2D eigenvalue weighted by molar-refractivity contribution is 7.47. The van der Waals surface area contributed by atoms with Gasteiger partial charge in [0.15, 0.2) is 6.10 Å². The number of phosphoric acid groups is 1. The Morgan fingerprint density at radius 2 is 1.12 bits per heavy atom. The van der Waals surface area contributed by atoms with Crippen molar-refractivity contribution >= 4 is 19.8 Å². The number of hydrogen-bond acceptors (Lipinski definition) is 10. The maximum Gasteiger partial charge on any atom is 0.472 e. The minimum atomic E-state index is -4.64. The number of esters is 2. The van der Waals surface area contributed by atoms with Crippen LogP contribution in [0.5, 0.6) is 0 Å². The van der Waals surface area contributed by atoms with Crippen molar-refractivity contribution in [2.75, 3.05) is 26.4 Å². The van der Waals surface area contributed by atoms with E-state index in [1.165, 1.54) is 44.9 Å². The summed E-state index contributed by atoms with van der Waals surface area (Å²) < 4.78 is 32.6. The van der Waals surface area contributed by atoms with Gasteiger partial charge >= 0.3 is 19.8 Å². The average Bonchev–Trinajstić information content (AvgIpc) is 3.19. The zero-order valence-corrected chi connectivity index (χ0v) is 35.3. The predicted molar refractivity (Wildman–Crippen MR) is 225 cm³/mol. The zero-order chi connectivity index (χ0) is 41.4. The van der Waals surface area contributed by atoms with Crippen molar-refractivity contribution in [3.05, 3.63) is 72.9 Å². The Hall–Kier alpha value is -2.63. The lowest BCUT2D eigenvalue weighted by molar-refractivity contribution is -0.161. The van der Waals surface area contributed by atoms with Crippen molar-refractivity contribution in [1.82, 2.24) is 0 Å². The fourth-order valence-corrected chi connectivity index (χ4v) is 5.88. The molecule has 12 heteroatoms. The zero-order valence-electron chi connectivity index (χ0n) is 34.4. The van der Waals surface area contributed by atoms with E-state index in [1.54, 1.807) is 6.08 Å². The molecule has 0 saturated carbocycles. The van der Waals surface area contributed by atoms with Crippen LogP contribution in [0.15, 0.2) is 72.9 Å². The van der Waals surface area contributed by atoms with Crippen LogP contribution in [0.3, 0.4) is 0 Å². The first-order valence-corrected chi connectivity index (χ1v) is 22.5. The fraction of sp³-hybridized carbons (Fsp3) is 0.682. The third-order valence-corrected chi connectivity index (χ3v) is 9.45. The number of carbonyl (C=O) groups excluding carboxylic acids is 2. The van der Waals surface area contributed by atoms with Crippen LogP contribution in [0.2, 0.25) is 0 Å². The highest BCUT2D eigenvalue weighted by Crippen LogP contribution is 2.43. The van der Waals surface area contributed by atoms with Gasteiger partial charge in [0.05, 0.1) is 25.9 Å². The van der Waals surface area contributed by atoms with Crippen molar-refractivity contribution in [1.29, 1.82) is 0 Å². The van der Waals surface area contributed by atoms with Gasteiger partial charge in [0.1, 0.15) is 12.7 Å². The number of allylic oxidation sites excluding steroid dienone is 11. The van der Waals surface area contributed by atoms with E-state index < -0.39 is 51.8 Å². The summed E-state index contributed by atoms with van der Waals surface area (Å²) in [7, 11) is -4.64. The summed E-state index contributed by atoms with van der Waals surface area (Å²) in [5, 5.41) is 27.8. The third-order valence-electron chi connectivity index (χ3n) is 8.50. The van der Waals surface area contributed by atoms with Crippen molar-refractivity contribution < 1.29 is 52.9 Å². The lowest BCUT2D eigenvalue weighted by atomic mass is 10.1. The van der Waals surface area contributed by atoms with E-state index in [0.717, 1.165) is 51.4 Å². The summed E-state index contributed by atoms with van der Waals surface area (Å²) in [6.07, 6.45) is 41.1. The third kappa shape index (κ3) is 38.3. The van der Waals surface area contributed by atoms with E-state index in [9.17, 15) is 29.3 Å². The molecule has 0 saturated heterocycles. The van der Waals surface area contributed by atoms with Gasteiger partial charge in [0, 0.05) is 12.8 Å². The van der Waals surface area contributed by atoms with Crippen LogP contribution in [0, 0.1) is 0 Å². The van der Waals surface area contributed by atoms with Crippen LogP contribution in [0.25, 0.3) is 0 Å². The number of hydrogen-bond donors (Lipinski definition) is 4. The maximum absolute atomic E-state index is 12.6. The Morgan fingerprint density at radius 1 is 0.607 bits per heavy atom. The molecule has 0 radical (unpaired) electrons. The molecule has 1 unspecified atom stereocenters. The quantitative estimate of drug-likeness (QED) is 0.0154. The molecular formula is C44H75O11P. The summed E-state index contributed by atoms with van der Waals surface area (Å²) >= 11 is 0. The van der Waals surface area contributed by atoms with E-state index in [4.69, 9.17) is 19.1 Å². The maximum atomic E-state index is 12.6. The van der Waals surface area contributed by atoms with Crippen molar-refractivity contribution in [2.45, 2.75) is 167 Å². The molecule has 56 heavy (non-hydrogen) atoms. The minimum Gasteiger partial charge on any atom is -0.462 e. The lowest BCUT2D eigenvalue weighted by Crippen LogP contribution is -2.29. The lowest BCUT2D eigenvalue weighted by Gasteiger charge is -2.20. The van der Waals surface area contributed by atoms with Gasteiger partial charge in [-0.3, -0.25) is 18.6 Å². The first-order valence-electron chi connectivity index (χ1n) is 21.0. The van der Waals surface area contributed by atoms with Crippen LogP contribution < -0.4 is 0 Å². The largest absolute Gasteiger partial charge is 0.472 e. The molecule has 0 aliphatic rings. The summed E-state index contributed by atoms with van der Waals surface area (Å²) in [4.78, 5) is 34.9. The summed E-state index contributed by atoms with van der Waals surface area (Å²) in [5.74, 6) is -1.02. The summed E-state index contributed by atoms with van der Waals surface area (Å²) in [5.41, 5.74) is 0. The van der Waals surface area contributed by atoms with Crippen LogP contribution in [-0.4, -0.2) is 76.9 Å². The normalized spacial score (nSPS) is 15.2. The van der Waals surface area contributed by atoms with E-state index in [-0.39, 0.29) is 25.6 Å². The van der Waals surface area contributed by atoms with Gasteiger partial charge in [-0.05, 0) is 70.6 Å². The molecule has 0 aromatic rings. The molecule has 0 aliphatic heterocycles. The fourth-order valence-electron chi connectivity index (χ4n) is 5.09. The highest BCUT2D eigenvalue weighted by atomic mass is 31.2. The molecule has 0 aromatic carbocycles. The van der Waals surface area contributed by atoms with Crippen LogP contribution in [0.4, 0.5) is 0 Å². The number of phosphoric ester groups is 1. The molecule has 322 valence electrons. The molecule has 4 atom stereocenters. The van der Waals surface area contributed by atoms with E-state index in [0.29, 0.717) is 25.7 Å². The van der Waals surface area contributed by atoms with Crippen molar-refractivity contribution in [3.8, 4) is 0 Å². The van der Waals surface area contributed by atoms with Crippen molar-refractivity contribution in [2.24, 2.45) is 0 Å². The number of ether oxygens (including phenoxy) is 2. The first-order chi connectivity index (χ1) is 27.1. The van der Waals surface area contributed by atoms with Gasteiger partial charge < -0.3 is 29.7 Å². The number of aliphatic hydroxyl groups is 3. The van der Waals surface area contributed by atoms with Crippen LogP contribution >= 0.6 is 7.82 Å². The second kappa shape index (κ2) is 39.2. The molecule has 0 heterocycles. The standard InChI is InChI=1S/C44H75O11P/c1-3-5-6-7-8-9-10-11-12-17-20-23-26-29-32-35-44(49)55-42(39-54-56(50,51)53-37-41(47)36-45)38-52-43(48)34-31-28-25-22-19-16-14-13-15-18-21-24-27-30-33-40(46)4-2/h9-10,14-16,18,22,24-25,27,30,33,40-42,45-47H,3-8,11-13,17,19-21,23,26,28-29,31-32,34-39H2,1-2H3,(H,50,51)/b10-9-,16-14-,18-15-,25-22-,27-24-,33-30+/t40-,41-,42+/m0/s1. The SMILES string of the molecule is CCCCCC/C=C\CCCCCCCCCC(=O)O[C@H](COC(=O)CCC/C=C\C/C=C\C/C=C\C/C=C\C=C\[C@@H](O)CC)COP(=O)(O)OC[C@@H](O)CO. The molecular weight excluding hydrogens is 735 g/mol. The number of carbonyl (C=O) groups is 2. The molecule has 0 fully saturated rings. The van der Waals surface area contributed by atoms with Gasteiger partial charge in [0.2, 0.25) is 0 Å². The molecule has 4 N–H and O–H groups in total. The Kier molecular flexibility index (Phi) is 37.4. The molecule has 0 bridgehead atoms. The topological polar surface area (TPSA) is 169 Å². The van der Waals surface area contributed by atoms with Gasteiger partial charge in [-0.15, -0.1) is 0 Å². The second-order valence-corrected chi connectivity index (χ2v) is 15.3. The average molecular weight is 811 g/mol. The predicted octanol–water partition coefficient (Wildman–Crippen LogP) is 9.86. The summed E-state index contributed by atoms with van der Waals surface area (Å²) in [6.45, 7) is 1.94. The van der Waals surface area contributed by atoms with Gasteiger partial charge in [-0.2, -0.15) is 0 Å². The van der Waals surface area contributed by atoms with Gasteiger partial charge in [0.25, 0.3) is 0 Å². The monoisotopic (exact) mass is 811 g/mol. The Morgan fingerprint density at radius 3 is 1.75 bits per heavy atom. The Labute approximate surface area is 338 Å². The second-order valence-electron chi connectivity index (χ2n) is 13.8. The van der Waals surface area contributed by atoms with Gasteiger partial charge in [-0.25, -0.2) is 4.57 Å². The Bertz CT molecular complexity index is 1180. The molecule has 11 nitrogen and oxygen atoms in total. The first kappa shape index (κ1) is 53.4. The molecule has 0 rings (SSSR count). The number of rotatable bonds is 38. The molecule has 0 aliphatic carbocycles. The number of unbranched alkanes of at least 4 members (excludes halogenated alkanes) is 12. The molecule has 0 amide bonds. The summed E-state index contributed by atoms with van der Waals surface area (Å²) in [6, 6.07) is 0. The van der Waals surface area contributed by atoms with Crippen LogP contribution in [0.1, 0.15) is 149 Å². The van der Waals surface area contributed by atoms with E-state index in [1.807, 2.05) is 37.3 Å². The van der Waals surface area contributed by atoms with E-state index >= 15 is 0 Å². The number of aliphatic hydroxyl groups excluding tert-OH is 3. The molecule has 0 spiro atoms. The Balaban J connectivity index is 4.45. The highest BCUT2D eigenvalue weighted by Gasteiger charge is 2.27. The van der Waals surface area contributed by atoms with Crippen molar-refractivity contribution in [3.63, 3.8) is 0 Å².